The van der Waals surface area contributed by atoms with Crippen molar-refractivity contribution in [2.45, 2.75) is 31.4 Å². The molecule has 6 heteroatoms. The van der Waals surface area contributed by atoms with Gasteiger partial charge in [-0.05, 0) is 30.5 Å². The van der Waals surface area contributed by atoms with Crippen molar-refractivity contribution in [2.75, 3.05) is 6.61 Å². The van der Waals surface area contributed by atoms with Crippen molar-refractivity contribution >= 4 is 11.9 Å². The number of carbonyl (C=O) groups is 2. The van der Waals surface area contributed by atoms with E-state index >= 15 is 0 Å². The largest absolute Gasteiger partial charge is 0.481 e. The summed E-state index contributed by atoms with van der Waals surface area (Å²) in [5.74, 6) is -1.77. The first-order valence-corrected chi connectivity index (χ1v) is 6.45. The molecule has 1 aromatic rings. The summed E-state index contributed by atoms with van der Waals surface area (Å²) in [6.07, 6.45) is 0.670. The van der Waals surface area contributed by atoms with Gasteiger partial charge in [-0.25, -0.2) is 4.39 Å². The fourth-order valence-electron chi connectivity index (χ4n) is 2.17. The van der Waals surface area contributed by atoms with Crippen LogP contribution >= 0.6 is 0 Å². The van der Waals surface area contributed by atoms with E-state index in [4.69, 9.17) is 9.84 Å². The monoisotopic (exact) mass is 281 g/mol. The highest BCUT2D eigenvalue weighted by molar-refractivity contribution is 5.82. The number of ether oxygens (including phenoxy) is 1. The average Bonchev–Trinajstić information content (AvgIpc) is 2.92. The molecule has 1 aromatic carbocycles. The van der Waals surface area contributed by atoms with Gasteiger partial charge in [0.1, 0.15) is 11.9 Å². The Morgan fingerprint density at radius 2 is 2.10 bits per heavy atom. The summed E-state index contributed by atoms with van der Waals surface area (Å²) in [6, 6.07) is 4.73. The summed E-state index contributed by atoms with van der Waals surface area (Å²) < 4.78 is 18.2. The lowest BCUT2D eigenvalue weighted by Gasteiger charge is -2.19. The van der Waals surface area contributed by atoms with Gasteiger partial charge >= 0.3 is 5.97 Å². The van der Waals surface area contributed by atoms with Crippen LogP contribution in [0.5, 0.6) is 0 Å². The molecule has 2 rings (SSSR count). The van der Waals surface area contributed by atoms with Gasteiger partial charge in [0, 0.05) is 6.61 Å². The fraction of sp³-hybridized carbons (Fsp3) is 0.429. The summed E-state index contributed by atoms with van der Waals surface area (Å²) in [6.45, 7) is 0.540. The van der Waals surface area contributed by atoms with E-state index in [0.717, 1.165) is 6.42 Å². The molecular weight excluding hydrogens is 265 g/mol. The molecule has 2 N–H and O–H groups in total. The van der Waals surface area contributed by atoms with Crippen molar-refractivity contribution in [3.63, 3.8) is 0 Å². The molecule has 0 aromatic heterocycles. The predicted molar refractivity (Wildman–Crippen MR) is 68.5 cm³/mol. The lowest BCUT2D eigenvalue weighted by atomic mass is 10.0. The maximum Gasteiger partial charge on any atom is 0.305 e. The van der Waals surface area contributed by atoms with Gasteiger partial charge in [-0.1, -0.05) is 12.1 Å². The number of hydrogen-bond acceptors (Lipinski definition) is 3. The van der Waals surface area contributed by atoms with Crippen LogP contribution in [-0.2, 0) is 14.3 Å². The van der Waals surface area contributed by atoms with Crippen LogP contribution < -0.4 is 5.32 Å². The van der Waals surface area contributed by atoms with Crippen LogP contribution in [0.3, 0.4) is 0 Å². The fourth-order valence-corrected chi connectivity index (χ4v) is 2.17. The van der Waals surface area contributed by atoms with Gasteiger partial charge in [0.05, 0.1) is 12.5 Å². The number of halogens is 1. The second-order valence-corrected chi connectivity index (χ2v) is 4.71. The molecule has 20 heavy (non-hydrogen) atoms. The third-order valence-electron chi connectivity index (χ3n) is 3.19. The molecule has 1 aliphatic rings. The van der Waals surface area contributed by atoms with Gasteiger partial charge in [0.2, 0.25) is 5.91 Å². The Balaban J connectivity index is 2.08. The van der Waals surface area contributed by atoms with E-state index in [1.165, 1.54) is 24.3 Å². The number of carbonyl (C=O) groups excluding carboxylic acids is 1. The molecule has 0 saturated carbocycles. The number of rotatable bonds is 5. The quantitative estimate of drug-likeness (QED) is 0.860. The second-order valence-electron chi connectivity index (χ2n) is 4.71. The van der Waals surface area contributed by atoms with Gasteiger partial charge in [0.25, 0.3) is 0 Å². The van der Waals surface area contributed by atoms with E-state index in [1.807, 2.05) is 0 Å². The average molecular weight is 281 g/mol. The van der Waals surface area contributed by atoms with Crippen molar-refractivity contribution in [1.82, 2.24) is 5.32 Å². The van der Waals surface area contributed by atoms with Gasteiger partial charge in [0.15, 0.2) is 0 Å². The van der Waals surface area contributed by atoms with Crippen LogP contribution in [0.4, 0.5) is 4.39 Å². The first kappa shape index (κ1) is 14.5. The molecule has 1 amide bonds. The number of benzene rings is 1. The van der Waals surface area contributed by atoms with Gasteiger partial charge in [-0.3, -0.25) is 9.59 Å². The molecule has 1 fully saturated rings. The molecule has 108 valence electrons. The summed E-state index contributed by atoms with van der Waals surface area (Å²) in [5.41, 5.74) is 0.556. The molecule has 1 aliphatic heterocycles. The molecule has 0 unspecified atom stereocenters. The van der Waals surface area contributed by atoms with Crippen molar-refractivity contribution in [3.8, 4) is 0 Å². The van der Waals surface area contributed by atoms with E-state index in [2.05, 4.69) is 5.32 Å². The third kappa shape index (κ3) is 3.77. The Kier molecular flexibility index (Phi) is 4.68. The predicted octanol–water partition coefficient (Wildman–Crippen LogP) is 1.64. The normalized spacial score (nSPS) is 19.6. The smallest absolute Gasteiger partial charge is 0.305 e. The van der Waals surface area contributed by atoms with Crippen LogP contribution in [0.15, 0.2) is 24.3 Å². The molecule has 0 spiro atoms. The summed E-state index contributed by atoms with van der Waals surface area (Å²) in [4.78, 5) is 22.9. The zero-order valence-electron chi connectivity index (χ0n) is 10.8. The molecule has 2 atom stereocenters. The first-order valence-electron chi connectivity index (χ1n) is 6.45. The minimum Gasteiger partial charge on any atom is -0.481 e. The zero-order chi connectivity index (χ0) is 14.5. The van der Waals surface area contributed by atoms with Gasteiger partial charge in [-0.2, -0.15) is 0 Å². The number of carboxylic acids is 1. The van der Waals surface area contributed by atoms with Crippen LogP contribution in [0, 0.1) is 5.82 Å². The van der Waals surface area contributed by atoms with E-state index in [1.54, 1.807) is 0 Å². The van der Waals surface area contributed by atoms with E-state index in [9.17, 15) is 14.0 Å². The molecule has 1 saturated heterocycles. The summed E-state index contributed by atoms with van der Waals surface area (Å²) in [5, 5.41) is 11.6. The van der Waals surface area contributed by atoms with Crippen LogP contribution in [0.2, 0.25) is 0 Å². The van der Waals surface area contributed by atoms with Crippen molar-refractivity contribution in [1.29, 1.82) is 0 Å². The Bertz CT molecular complexity index is 482. The Morgan fingerprint density at radius 3 is 2.65 bits per heavy atom. The number of nitrogens with one attached hydrogen (secondary N) is 1. The molecular formula is C14H16FNO4. The Labute approximate surface area is 115 Å². The lowest BCUT2D eigenvalue weighted by molar-refractivity contribution is -0.138. The van der Waals surface area contributed by atoms with E-state index in [-0.39, 0.29) is 12.3 Å². The Hall–Kier alpha value is -1.95. The van der Waals surface area contributed by atoms with E-state index in [0.29, 0.717) is 18.6 Å². The number of carboxylic acid groups (broad SMARTS) is 1. The highest BCUT2D eigenvalue weighted by atomic mass is 19.1. The van der Waals surface area contributed by atoms with Crippen molar-refractivity contribution in [3.05, 3.63) is 35.6 Å². The third-order valence-corrected chi connectivity index (χ3v) is 3.19. The Morgan fingerprint density at radius 1 is 1.40 bits per heavy atom. The standard InChI is InChI=1S/C14H16FNO4/c15-10-5-3-9(4-6-10)11(8-13(17)18)16-14(19)12-2-1-7-20-12/h3-6,11-12H,1-2,7-8H2,(H,16,19)(H,17,18)/t11-,12+/m1/s1. The SMILES string of the molecule is O=C(O)C[C@@H](NC(=O)[C@@H]1CCCO1)c1ccc(F)cc1. The summed E-state index contributed by atoms with van der Waals surface area (Å²) >= 11 is 0. The number of aliphatic carboxylic acids is 1. The van der Waals surface area contributed by atoms with Crippen molar-refractivity contribution in [2.24, 2.45) is 0 Å². The topological polar surface area (TPSA) is 75.6 Å². The molecule has 0 radical (unpaired) electrons. The van der Waals surface area contributed by atoms with Gasteiger partial charge in [-0.15, -0.1) is 0 Å². The first-order chi connectivity index (χ1) is 9.56. The molecule has 5 nitrogen and oxygen atoms in total. The highest BCUT2D eigenvalue weighted by Gasteiger charge is 2.27. The van der Waals surface area contributed by atoms with Gasteiger partial charge < -0.3 is 15.2 Å². The zero-order valence-corrected chi connectivity index (χ0v) is 10.8. The molecule has 0 bridgehead atoms. The second kappa shape index (κ2) is 6.47. The summed E-state index contributed by atoms with van der Waals surface area (Å²) in [7, 11) is 0. The molecule has 0 aliphatic carbocycles. The van der Waals surface area contributed by atoms with Crippen LogP contribution in [-0.4, -0.2) is 29.7 Å². The number of amides is 1. The minimum absolute atomic E-state index is 0.260. The number of hydrogen-bond donors (Lipinski definition) is 2. The van der Waals surface area contributed by atoms with Crippen molar-refractivity contribution < 1.29 is 23.8 Å². The lowest BCUT2D eigenvalue weighted by Crippen LogP contribution is -2.37. The highest BCUT2D eigenvalue weighted by Crippen LogP contribution is 2.19. The van der Waals surface area contributed by atoms with E-state index < -0.39 is 23.9 Å². The maximum atomic E-state index is 12.9. The van der Waals surface area contributed by atoms with Crippen LogP contribution in [0.1, 0.15) is 30.9 Å². The minimum atomic E-state index is -1.04. The molecule has 1 heterocycles. The maximum absolute atomic E-state index is 12.9. The van der Waals surface area contributed by atoms with Crippen LogP contribution in [0.25, 0.3) is 0 Å².